The van der Waals surface area contributed by atoms with Crippen LogP contribution in [0.2, 0.25) is 0 Å². The zero-order chi connectivity index (χ0) is 19.0. The van der Waals surface area contributed by atoms with Crippen molar-refractivity contribution in [1.82, 2.24) is 10.2 Å². The van der Waals surface area contributed by atoms with Crippen LogP contribution < -0.4 is 5.32 Å². The predicted molar refractivity (Wildman–Crippen MR) is 101 cm³/mol. The van der Waals surface area contributed by atoms with Crippen molar-refractivity contribution in [3.63, 3.8) is 0 Å². The summed E-state index contributed by atoms with van der Waals surface area (Å²) < 4.78 is 16.1. The largest absolute Gasteiger partial charge is 0.385 e. The first kappa shape index (κ1) is 21.5. The molecule has 2 amide bonds. The van der Waals surface area contributed by atoms with Crippen molar-refractivity contribution >= 4 is 23.6 Å². The molecule has 2 atom stereocenters. The molecule has 2 aliphatic heterocycles. The minimum Gasteiger partial charge on any atom is -0.385 e. The fourth-order valence-electron chi connectivity index (χ4n) is 3.43. The number of carbonyl (C=O) groups is 2. The molecule has 150 valence electrons. The molecule has 2 saturated heterocycles. The fourth-order valence-corrected chi connectivity index (χ4v) is 4.09. The second-order valence-corrected chi connectivity index (χ2v) is 8.04. The Morgan fingerprint density at radius 3 is 2.65 bits per heavy atom. The highest BCUT2D eigenvalue weighted by Gasteiger charge is 2.39. The van der Waals surface area contributed by atoms with Gasteiger partial charge in [0.1, 0.15) is 0 Å². The van der Waals surface area contributed by atoms with E-state index in [1.165, 1.54) is 0 Å². The molecule has 0 aromatic heterocycles. The predicted octanol–water partition coefficient (Wildman–Crippen LogP) is 0.915. The first-order chi connectivity index (χ1) is 12.5. The van der Waals surface area contributed by atoms with Crippen molar-refractivity contribution in [1.29, 1.82) is 0 Å². The zero-order valence-corrected chi connectivity index (χ0v) is 16.9. The van der Waals surface area contributed by atoms with Gasteiger partial charge in [0.25, 0.3) is 5.91 Å². The molecule has 1 N–H and O–H groups in total. The number of rotatable bonds is 8. The number of likely N-dealkylation sites (tertiary alicyclic amines) is 1. The SMILES string of the molecule is COCCC1(NC(=O)C(C)CSC)CCN(C(=O)C2COCCO2)CC1. The molecule has 0 aromatic carbocycles. The Bertz CT molecular complexity index is 462. The Morgan fingerprint density at radius 2 is 2.08 bits per heavy atom. The third-order valence-electron chi connectivity index (χ3n) is 5.16. The topological polar surface area (TPSA) is 77.1 Å². The molecule has 0 radical (unpaired) electrons. The molecule has 7 nitrogen and oxygen atoms in total. The number of nitrogens with zero attached hydrogens (tertiary/aromatic N) is 1. The molecule has 2 rings (SSSR count). The van der Waals surface area contributed by atoms with Crippen LogP contribution in [0.3, 0.4) is 0 Å². The lowest BCUT2D eigenvalue weighted by Crippen LogP contribution is -2.59. The Labute approximate surface area is 160 Å². The van der Waals surface area contributed by atoms with Crippen molar-refractivity contribution in [2.45, 2.75) is 37.8 Å². The van der Waals surface area contributed by atoms with E-state index in [-0.39, 0.29) is 23.3 Å². The highest BCUT2D eigenvalue weighted by molar-refractivity contribution is 7.98. The van der Waals surface area contributed by atoms with Gasteiger partial charge in [0.15, 0.2) is 6.10 Å². The van der Waals surface area contributed by atoms with Crippen LogP contribution in [-0.4, -0.2) is 87.0 Å². The molecule has 0 bridgehead atoms. The van der Waals surface area contributed by atoms with Crippen molar-refractivity contribution < 1.29 is 23.8 Å². The van der Waals surface area contributed by atoms with Gasteiger partial charge in [-0.25, -0.2) is 0 Å². The highest BCUT2D eigenvalue weighted by atomic mass is 32.2. The van der Waals surface area contributed by atoms with Crippen LogP contribution in [0.1, 0.15) is 26.2 Å². The number of hydrogen-bond donors (Lipinski definition) is 1. The Hall–Kier alpha value is -0.830. The fraction of sp³-hybridized carbons (Fsp3) is 0.889. The lowest BCUT2D eigenvalue weighted by molar-refractivity contribution is -0.159. The summed E-state index contributed by atoms with van der Waals surface area (Å²) >= 11 is 1.67. The number of ether oxygens (including phenoxy) is 3. The van der Waals surface area contributed by atoms with Gasteiger partial charge in [0.2, 0.25) is 5.91 Å². The molecular weight excluding hydrogens is 356 g/mol. The third kappa shape index (κ3) is 5.84. The summed E-state index contributed by atoms with van der Waals surface area (Å²) in [4.78, 5) is 27.0. The van der Waals surface area contributed by atoms with E-state index in [9.17, 15) is 9.59 Å². The van der Waals surface area contributed by atoms with Gasteiger partial charge in [0.05, 0.1) is 19.8 Å². The van der Waals surface area contributed by atoms with E-state index in [2.05, 4.69) is 5.32 Å². The second kappa shape index (κ2) is 10.5. The number of nitrogens with one attached hydrogen (secondary N) is 1. The van der Waals surface area contributed by atoms with Gasteiger partial charge in [-0.05, 0) is 25.5 Å². The Kier molecular flexibility index (Phi) is 8.66. The molecule has 0 saturated carbocycles. The van der Waals surface area contributed by atoms with Gasteiger partial charge in [-0.15, -0.1) is 0 Å². The van der Waals surface area contributed by atoms with Gasteiger partial charge in [-0.2, -0.15) is 11.8 Å². The summed E-state index contributed by atoms with van der Waals surface area (Å²) in [7, 11) is 1.67. The van der Waals surface area contributed by atoms with E-state index in [0.29, 0.717) is 39.5 Å². The summed E-state index contributed by atoms with van der Waals surface area (Å²) in [5.74, 6) is 0.846. The van der Waals surface area contributed by atoms with Gasteiger partial charge < -0.3 is 24.4 Å². The zero-order valence-electron chi connectivity index (χ0n) is 16.1. The third-order valence-corrected chi connectivity index (χ3v) is 5.99. The quantitative estimate of drug-likeness (QED) is 0.666. The number of amides is 2. The molecule has 8 heteroatoms. The Morgan fingerprint density at radius 1 is 1.35 bits per heavy atom. The van der Waals surface area contributed by atoms with E-state index < -0.39 is 6.10 Å². The molecular formula is C18H32N2O5S. The molecule has 2 unspecified atom stereocenters. The molecule has 2 aliphatic rings. The van der Waals surface area contributed by atoms with E-state index in [0.717, 1.165) is 25.0 Å². The molecule has 0 aromatic rings. The summed E-state index contributed by atoms with van der Waals surface area (Å²) in [6.07, 6.45) is 3.73. The first-order valence-corrected chi connectivity index (χ1v) is 10.7. The molecule has 26 heavy (non-hydrogen) atoms. The van der Waals surface area contributed by atoms with Crippen molar-refractivity contribution in [3.05, 3.63) is 0 Å². The van der Waals surface area contributed by atoms with E-state index in [1.54, 1.807) is 18.9 Å². The standard InChI is InChI=1S/C18H32N2O5S/c1-14(13-26-3)16(21)19-18(6-9-23-2)4-7-20(8-5-18)17(22)15-12-24-10-11-25-15/h14-15H,4-13H2,1-3H3,(H,19,21). The van der Waals surface area contributed by atoms with Gasteiger partial charge in [-0.1, -0.05) is 6.92 Å². The average Bonchev–Trinajstić information content (AvgIpc) is 2.67. The van der Waals surface area contributed by atoms with Crippen LogP contribution >= 0.6 is 11.8 Å². The van der Waals surface area contributed by atoms with E-state index in [4.69, 9.17) is 14.2 Å². The van der Waals surface area contributed by atoms with Crippen molar-refractivity contribution in [3.8, 4) is 0 Å². The summed E-state index contributed by atoms with van der Waals surface area (Å²) in [5.41, 5.74) is -0.305. The number of piperidine rings is 1. The summed E-state index contributed by atoms with van der Waals surface area (Å²) in [6.45, 7) is 5.10. The van der Waals surface area contributed by atoms with Crippen LogP contribution in [0.5, 0.6) is 0 Å². The number of methoxy groups -OCH3 is 1. The molecule has 0 aliphatic carbocycles. The molecule has 2 fully saturated rings. The smallest absolute Gasteiger partial charge is 0.254 e. The van der Waals surface area contributed by atoms with Crippen molar-refractivity contribution in [2.75, 3.05) is 58.6 Å². The molecule has 0 spiro atoms. The normalized spacial score (nSPS) is 24.1. The van der Waals surface area contributed by atoms with Crippen LogP contribution in [0.4, 0.5) is 0 Å². The van der Waals surface area contributed by atoms with Gasteiger partial charge in [-0.3, -0.25) is 9.59 Å². The lowest BCUT2D eigenvalue weighted by atomic mass is 9.83. The van der Waals surface area contributed by atoms with Gasteiger partial charge in [0, 0.05) is 44.0 Å². The van der Waals surface area contributed by atoms with Crippen LogP contribution in [0.25, 0.3) is 0 Å². The maximum Gasteiger partial charge on any atom is 0.254 e. The Balaban J connectivity index is 1.94. The van der Waals surface area contributed by atoms with Crippen LogP contribution in [-0.2, 0) is 23.8 Å². The van der Waals surface area contributed by atoms with E-state index in [1.807, 2.05) is 18.1 Å². The minimum atomic E-state index is -0.494. The van der Waals surface area contributed by atoms with Gasteiger partial charge >= 0.3 is 0 Å². The minimum absolute atomic E-state index is 0.00730. The monoisotopic (exact) mass is 388 g/mol. The second-order valence-electron chi connectivity index (χ2n) is 7.13. The maximum atomic E-state index is 12.6. The van der Waals surface area contributed by atoms with Crippen LogP contribution in [0, 0.1) is 5.92 Å². The number of hydrogen-bond acceptors (Lipinski definition) is 6. The van der Waals surface area contributed by atoms with Crippen LogP contribution in [0.15, 0.2) is 0 Å². The van der Waals surface area contributed by atoms with Crippen molar-refractivity contribution in [2.24, 2.45) is 5.92 Å². The summed E-state index contributed by atoms with van der Waals surface area (Å²) in [5, 5.41) is 3.26. The number of carbonyl (C=O) groups excluding carboxylic acids is 2. The lowest BCUT2D eigenvalue weighted by Gasteiger charge is -2.43. The first-order valence-electron chi connectivity index (χ1n) is 9.29. The van der Waals surface area contributed by atoms with E-state index >= 15 is 0 Å². The highest BCUT2D eigenvalue weighted by Crippen LogP contribution is 2.27. The average molecular weight is 389 g/mol. The molecule has 2 heterocycles. The maximum absolute atomic E-state index is 12.6. The number of thioether (sulfide) groups is 1. The summed E-state index contributed by atoms with van der Waals surface area (Å²) in [6, 6.07) is 0.